The summed E-state index contributed by atoms with van der Waals surface area (Å²) in [6, 6.07) is -0.797. The van der Waals surface area contributed by atoms with Gasteiger partial charge in [-0.3, -0.25) is 19.1 Å². The van der Waals surface area contributed by atoms with E-state index in [1.54, 1.807) is 6.92 Å². The highest BCUT2D eigenvalue weighted by atomic mass is 16.3. The fraction of sp³-hybridized carbons (Fsp3) is 0.688. The van der Waals surface area contributed by atoms with Crippen molar-refractivity contribution in [1.82, 2.24) is 14.5 Å². The molecule has 9 nitrogen and oxygen atoms in total. The zero-order valence-electron chi connectivity index (χ0n) is 14.6. The van der Waals surface area contributed by atoms with E-state index < -0.39 is 29.0 Å². The molecule has 0 unspecified atom stereocenters. The molecule has 3 atom stereocenters. The number of nitrogens with zero attached hydrogens (tertiary/aromatic N) is 2. The zero-order chi connectivity index (χ0) is 18.8. The normalized spacial score (nSPS) is 27.2. The molecule has 25 heavy (non-hydrogen) atoms. The van der Waals surface area contributed by atoms with Crippen molar-refractivity contribution in [3.8, 4) is 0 Å². The zero-order valence-corrected chi connectivity index (χ0v) is 14.6. The first kappa shape index (κ1) is 19.4. The second-order valence-electron chi connectivity index (χ2n) is 6.90. The predicted octanol–water partition coefficient (Wildman–Crippen LogP) is -1.53. The molecule has 0 aromatic carbocycles. The molecule has 1 aliphatic rings. The van der Waals surface area contributed by atoms with Gasteiger partial charge in [-0.2, -0.15) is 0 Å². The van der Waals surface area contributed by atoms with Crippen LogP contribution in [0.3, 0.4) is 0 Å². The Labute approximate surface area is 145 Å². The number of carbonyl (C=O) groups excluding carboxylic acids is 1. The van der Waals surface area contributed by atoms with Gasteiger partial charge in [0.15, 0.2) is 0 Å². The van der Waals surface area contributed by atoms with E-state index >= 15 is 0 Å². The molecule has 1 amide bonds. The van der Waals surface area contributed by atoms with Crippen LogP contribution in [0.1, 0.15) is 37.8 Å². The van der Waals surface area contributed by atoms with E-state index in [4.69, 9.17) is 5.73 Å². The van der Waals surface area contributed by atoms with Crippen LogP contribution >= 0.6 is 0 Å². The van der Waals surface area contributed by atoms with Crippen LogP contribution in [0.15, 0.2) is 15.8 Å². The Morgan fingerprint density at radius 1 is 1.44 bits per heavy atom. The molecule has 0 aliphatic carbocycles. The fourth-order valence-corrected chi connectivity index (χ4v) is 3.23. The van der Waals surface area contributed by atoms with Gasteiger partial charge in [0.1, 0.15) is 0 Å². The lowest BCUT2D eigenvalue weighted by Gasteiger charge is -2.34. The molecule has 1 aromatic heterocycles. The molecular weight excluding hydrogens is 328 g/mol. The molecule has 1 aromatic rings. The Hall–Kier alpha value is -1.97. The van der Waals surface area contributed by atoms with Crippen LogP contribution in [0.4, 0.5) is 0 Å². The Balaban J connectivity index is 2.42. The number of H-pyrrole nitrogens is 1. The first-order chi connectivity index (χ1) is 11.7. The molecule has 1 saturated heterocycles. The highest BCUT2D eigenvalue weighted by molar-refractivity contribution is 5.76. The van der Waals surface area contributed by atoms with E-state index in [0.717, 1.165) is 0 Å². The van der Waals surface area contributed by atoms with Gasteiger partial charge in [-0.1, -0.05) is 0 Å². The summed E-state index contributed by atoms with van der Waals surface area (Å²) >= 11 is 0. The standard InChI is InChI=1S/C16H26N4O5/c1-10-7-20(15(24)18-14(10)23)12-9-19(13(22)4-3-5-17)8-11(21)6-16(12,2)25/h7,11-12,21,25H,3-6,8-9,17H2,1-2H3,(H,18,23,24)/t11-,12+,16+/m1/s1. The first-order valence-electron chi connectivity index (χ1n) is 8.36. The summed E-state index contributed by atoms with van der Waals surface area (Å²) in [7, 11) is 0. The quantitative estimate of drug-likeness (QED) is 0.517. The summed E-state index contributed by atoms with van der Waals surface area (Å²) in [5.74, 6) is -0.193. The molecule has 0 saturated carbocycles. The maximum atomic E-state index is 12.4. The number of hydrogen-bond donors (Lipinski definition) is 4. The number of amides is 1. The van der Waals surface area contributed by atoms with Gasteiger partial charge in [0.2, 0.25) is 5.91 Å². The van der Waals surface area contributed by atoms with Crippen LogP contribution in [0.2, 0.25) is 0 Å². The Bertz CT molecular complexity index is 739. The summed E-state index contributed by atoms with van der Waals surface area (Å²) in [5, 5.41) is 21.0. The first-order valence-corrected chi connectivity index (χ1v) is 8.36. The van der Waals surface area contributed by atoms with Gasteiger partial charge in [-0.15, -0.1) is 0 Å². The minimum Gasteiger partial charge on any atom is -0.391 e. The third-order valence-corrected chi connectivity index (χ3v) is 4.62. The summed E-state index contributed by atoms with van der Waals surface area (Å²) < 4.78 is 1.23. The summed E-state index contributed by atoms with van der Waals surface area (Å²) in [6.45, 7) is 3.58. The Morgan fingerprint density at radius 3 is 2.76 bits per heavy atom. The second kappa shape index (κ2) is 7.51. The summed E-state index contributed by atoms with van der Waals surface area (Å²) in [4.78, 5) is 39.9. The van der Waals surface area contributed by atoms with Gasteiger partial charge in [0, 0.05) is 37.7 Å². The maximum absolute atomic E-state index is 12.4. The van der Waals surface area contributed by atoms with Crippen molar-refractivity contribution in [3.63, 3.8) is 0 Å². The van der Waals surface area contributed by atoms with Gasteiger partial charge >= 0.3 is 5.69 Å². The van der Waals surface area contributed by atoms with Gasteiger partial charge in [0.25, 0.3) is 5.56 Å². The number of nitrogens with one attached hydrogen (secondary N) is 1. The van der Waals surface area contributed by atoms with Crippen molar-refractivity contribution in [2.75, 3.05) is 19.6 Å². The third-order valence-electron chi connectivity index (χ3n) is 4.62. The molecule has 0 radical (unpaired) electrons. The molecule has 2 rings (SSSR count). The topological polar surface area (TPSA) is 142 Å². The second-order valence-corrected chi connectivity index (χ2v) is 6.90. The van der Waals surface area contributed by atoms with E-state index in [1.165, 1.54) is 22.6 Å². The molecular formula is C16H26N4O5. The average Bonchev–Trinajstić information content (AvgIpc) is 2.63. The van der Waals surface area contributed by atoms with Crippen LogP contribution in [0, 0.1) is 6.92 Å². The fourth-order valence-electron chi connectivity index (χ4n) is 3.23. The summed E-state index contributed by atoms with van der Waals surface area (Å²) in [5.41, 5.74) is 3.17. The number of aromatic amines is 1. The van der Waals surface area contributed by atoms with E-state index in [1.807, 2.05) is 0 Å². The summed E-state index contributed by atoms with van der Waals surface area (Å²) in [6.07, 6.45) is 1.21. The molecule has 0 spiro atoms. The lowest BCUT2D eigenvalue weighted by atomic mass is 9.91. The Kier molecular flexibility index (Phi) is 5.81. The van der Waals surface area contributed by atoms with Crippen molar-refractivity contribution in [2.45, 2.75) is 50.9 Å². The van der Waals surface area contributed by atoms with E-state index in [-0.39, 0.29) is 31.8 Å². The number of aryl methyl sites for hydroxylation is 1. The van der Waals surface area contributed by atoms with Crippen LogP contribution in [0.25, 0.3) is 0 Å². The molecule has 140 valence electrons. The van der Waals surface area contributed by atoms with Crippen LogP contribution < -0.4 is 17.0 Å². The van der Waals surface area contributed by atoms with Crippen LogP contribution in [-0.4, -0.2) is 61.9 Å². The van der Waals surface area contributed by atoms with Crippen LogP contribution in [0.5, 0.6) is 0 Å². The van der Waals surface area contributed by atoms with E-state index in [2.05, 4.69) is 4.98 Å². The van der Waals surface area contributed by atoms with E-state index in [0.29, 0.717) is 18.5 Å². The predicted molar refractivity (Wildman–Crippen MR) is 91.2 cm³/mol. The number of nitrogens with two attached hydrogens (primary N) is 1. The molecule has 2 heterocycles. The van der Waals surface area contributed by atoms with Gasteiger partial charge in [0.05, 0.1) is 17.7 Å². The van der Waals surface area contributed by atoms with Gasteiger partial charge < -0.3 is 20.8 Å². The lowest BCUT2D eigenvalue weighted by molar-refractivity contribution is -0.132. The molecule has 5 N–H and O–H groups in total. The number of aromatic nitrogens is 2. The van der Waals surface area contributed by atoms with Crippen molar-refractivity contribution >= 4 is 5.91 Å². The van der Waals surface area contributed by atoms with Crippen molar-refractivity contribution in [3.05, 3.63) is 32.6 Å². The van der Waals surface area contributed by atoms with Crippen LogP contribution in [-0.2, 0) is 4.79 Å². The Morgan fingerprint density at radius 2 is 2.12 bits per heavy atom. The molecule has 1 fully saturated rings. The van der Waals surface area contributed by atoms with Crippen molar-refractivity contribution < 1.29 is 15.0 Å². The van der Waals surface area contributed by atoms with Crippen molar-refractivity contribution in [1.29, 1.82) is 0 Å². The monoisotopic (exact) mass is 354 g/mol. The molecule has 9 heteroatoms. The average molecular weight is 354 g/mol. The number of aliphatic hydroxyl groups is 2. The third kappa shape index (κ3) is 4.36. The largest absolute Gasteiger partial charge is 0.391 e. The number of rotatable bonds is 4. The number of aliphatic hydroxyl groups excluding tert-OH is 1. The maximum Gasteiger partial charge on any atom is 0.328 e. The number of hydrogen-bond acceptors (Lipinski definition) is 6. The minimum atomic E-state index is -1.43. The van der Waals surface area contributed by atoms with Gasteiger partial charge in [-0.05, 0) is 26.8 Å². The van der Waals surface area contributed by atoms with Crippen molar-refractivity contribution in [2.24, 2.45) is 5.73 Å². The number of β-amino-alcohol motifs (C(OH)–C–C–N with tert-alkyl or cyclic N) is 1. The lowest BCUT2D eigenvalue weighted by Crippen LogP contribution is -2.47. The number of likely N-dealkylation sites (tertiary alicyclic amines) is 1. The SMILES string of the molecule is Cc1cn([C@H]2CN(C(=O)CCCN)C[C@H](O)C[C@]2(C)O)c(=O)[nH]c1=O. The highest BCUT2D eigenvalue weighted by Crippen LogP contribution is 2.31. The van der Waals surface area contributed by atoms with E-state index in [9.17, 15) is 24.6 Å². The molecule has 0 bridgehead atoms. The smallest absolute Gasteiger partial charge is 0.328 e. The minimum absolute atomic E-state index is 0.00293. The number of carbonyl (C=O) groups is 1. The molecule has 1 aliphatic heterocycles. The van der Waals surface area contributed by atoms with Gasteiger partial charge in [-0.25, -0.2) is 4.79 Å². The highest BCUT2D eigenvalue weighted by Gasteiger charge is 2.41.